The van der Waals surface area contributed by atoms with Crippen LogP contribution in [0.1, 0.15) is 47.9 Å². The van der Waals surface area contributed by atoms with E-state index in [9.17, 15) is 8.42 Å². The first-order valence-corrected chi connectivity index (χ1v) is 11.1. The molecular formula is C22H32N2O2RuS. The van der Waals surface area contributed by atoms with E-state index in [0.29, 0.717) is 4.90 Å². The van der Waals surface area contributed by atoms with Crippen LogP contribution in [0.25, 0.3) is 0 Å². The molecule has 0 aromatic heterocycles. The van der Waals surface area contributed by atoms with Crippen molar-refractivity contribution in [2.45, 2.75) is 70.4 Å². The molecule has 1 aliphatic carbocycles. The molecule has 0 amide bonds. The predicted octanol–water partition coefficient (Wildman–Crippen LogP) is 4.15. The van der Waals surface area contributed by atoms with Gasteiger partial charge in [-0.05, 0) is 63.8 Å². The molecule has 1 saturated carbocycles. The third-order valence-corrected chi connectivity index (χ3v) is 6.63. The van der Waals surface area contributed by atoms with Gasteiger partial charge >= 0.3 is 0 Å². The summed E-state index contributed by atoms with van der Waals surface area (Å²) < 4.78 is 27.1. The van der Waals surface area contributed by atoms with Crippen LogP contribution in [0, 0.1) is 27.7 Å². The molecule has 4 nitrogen and oxygen atoms in total. The summed E-state index contributed by atoms with van der Waals surface area (Å²) in [6.07, 6.45) is 3.84. The summed E-state index contributed by atoms with van der Waals surface area (Å²) in [5.74, 6) is 0. The van der Waals surface area contributed by atoms with Crippen LogP contribution in [-0.4, -0.2) is 20.5 Å². The Balaban J connectivity index is 0.000000332. The molecular weight excluding hydrogens is 457 g/mol. The van der Waals surface area contributed by atoms with Crippen molar-refractivity contribution in [2.24, 2.45) is 5.73 Å². The van der Waals surface area contributed by atoms with Crippen LogP contribution in [0.5, 0.6) is 0 Å². The first kappa shape index (κ1) is 25.0. The Bertz CT molecular complexity index is 851. The fourth-order valence-electron chi connectivity index (χ4n) is 3.18. The minimum absolute atomic E-state index is 0. The summed E-state index contributed by atoms with van der Waals surface area (Å²) in [5.41, 5.74) is 11.1. The normalized spacial score (nSPS) is 19.2. The molecule has 0 spiro atoms. The predicted molar refractivity (Wildman–Crippen MR) is 112 cm³/mol. The largest absolute Gasteiger partial charge is 0.326 e. The van der Waals surface area contributed by atoms with Crippen molar-refractivity contribution in [1.82, 2.24) is 4.72 Å². The summed E-state index contributed by atoms with van der Waals surface area (Å²) in [6.45, 7) is 8.32. The molecule has 3 rings (SSSR count). The van der Waals surface area contributed by atoms with Crippen LogP contribution in [-0.2, 0) is 29.5 Å². The van der Waals surface area contributed by atoms with Crippen molar-refractivity contribution in [3.05, 3.63) is 64.7 Å². The Morgan fingerprint density at radius 1 is 0.857 bits per heavy atom. The molecule has 2 atom stereocenters. The minimum atomic E-state index is -3.44. The van der Waals surface area contributed by atoms with Gasteiger partial charge in [0.05, 0.1) is 4.90 Å². The van der Waals surface area contributed by atoms with Gasteiger partial charge in [0.25, 0.3) is 0 Å². The molecule has 156 valence electrons. The molecule has 28 heavy (non-hydrogen) atoms. The molecule has 3 N–H and O–H groups in total. The van der Waals surface area contributed by atoms with Crippen LogP contribution >= 0.6 is 0 Å². The summed E-state index contributed by atoms with van der Waals surface area (Å²) in [6, 6.07) is 13.2. The molecule has 0 bridgehead atoms. The van der Waals surface area contributed by atoms with Crippen molar-refractivity contribution in [2.75, 3.05) is 0 Å². The van der Waals surface area contributed by atoms with E-state index in [0.717, 1.165) is 31.2 Å². The Labute approximate surface area is 183 Å². The maximum atomic E-state index is 12.2. The van der Waals surface area contributed by atoms with Gasteiger partial charge in [-0.25, -0.2) is 13.1 Å². The average molecular weight is 490 g/mol. The van der Waals surface area contributed by atoms with Gasteiger partial charge in [0.2, 0.25) is 10.0 Å². The van der Waals surface area contributed by atoms with Crippen LogP contribution in [0.3, 0.4) is 0 Å². The second-order valence-corrected chi connectivity index (χ2v) is 9.29. The fourth-order valence-corrected chi connectivity index (χ4v) is 4.50. The smallest absolute Gasteiger partial charge is 0.240 e. The average Bonchev–Trinajstić information content (AvgIpc) is 2.61. The zero-order valence-electron chi connectivity index (χ0n) is 17.2. The molecule has 2 aromatic rings. The molecule has 0 aliphatic heterocycles. The summed E-state index contributed by atoms with van der Waals surface area (Å²) in [7, 11) is -3.44. The zero-order chi connectivity index (χ0) is 20.0. The first-order valence-electron chi connectivity index (χ1n) is 9.57. The second-order valence-electron chi connectivity index (χ2n) is 7.58. The van der Waals surface area contributed by atoms with Crippen LogP contribution in [0.15, 0.2) is 47.4 Å². The molecule has 2 aromatic carbocycles. The van der Waals surface area contributed by atoms with Crippen LogP contribution < -0.4 is 10.5 Å². The molecule has 0 radical (unpaired) electrons. The number of benzene rings is 2. The third-order valence-electron chi connectivity index (χ3n) is 5.12. The number of hydrogen-bond donors (Lipinski definition) is 2. The van der Waals surface area contributed by atoms with Gasteiger partial charge in [-0.2, -0.15) is 0 Å². The number of rotatable bonds is 3. The van der Waals surface area contributed by atoms with E-state index < -0.39 is 10.0 Å². The van der Waals surface area contributed by atoms with Gasteiger partial charge in [-0.1, -0.05) is 54.3 Å². The Kier molecular flexibility index (Phi) is 9.99. The zero-order valence-corrected chi connectivity index (χ0v) is 19.7. The van der Waals surface area contributed by atoms with Gasteiger partial charge in [-0.15, -0.1) is 0 Å². The first-order chi connectivity index (χ1) is 12.7. The van der Waals surface area contributed by atoms with E-state index in [1.54, 1.807) is 24.3 Å². The van der Waals surface area contributed by atoms with E-state index in [-0.39, 0.29) is 31.6 Å². The minimum Gasteiger partial charge on any atom is -0.326 e. The van der Waals surface area contributed by atoms with Crippen molar-refractivity contribution in [3.63, 3.8) is 0 Å². The fraction of sp³-hybridized carbons (Fsp3) is 0.455. The molecule has 1 fully saturated rings. The molecule has 0 unspecified atom stereocenters. The summed E-state index contributed by atoms with van der Waals surface area (Å²) in [5, 5.41) is 0. The van der Waals surface area contributed by atoms with E-state index in [1.807, 2.05) is 6.92 Å². The number of sulfonamides is 1. The van der Waals surface area contributed by atoms with E-state index in [2.05, 4.69) is 43.7 Å². The van der Waals surface area contributed by atoms with Gasteiger partial charge in [0.15, 0.2) is 0 Å². The quantitative estimate of drug-likeness (QED) is 0.636. The van der Waals surface area contributed by atoms with Crippen molar-refractivity contribution < 1.29 is 27.9 Å². The topological polar surface area (TPSA) is 72.2 Å². The number of nitrogens with one attached hydrogen (secondary N) is 1. The van der Waals surface area contributed by atoms with E-state index in [4.69, 9.17) is 5.73 Å². The van der Waals surface area contributed by atoms with Crippen molar-refractivity contribution >= 4 is 10.0 Å². The van der Waals surface area contributed by atoms with Gasteiger partial charge < -0.3 is 5.73 Å². The second kappa shape index (κ2) is 11.2. The standard InChI is InChI=1S/C13H20N2O2S.C9H12.Ru/c1-10-6-8-11(9-7-10)18(16,17)15-13-5-3-2-4-12(13)14;1-7-4-5-8(2)9(3)6-7;/h6-9,12-13,15H,2-5,14H2,1H3;4-6H,1-3H3;/t12-,13-;;/m1../s1. The van der Waals surface area contributed by atoms with Crippen molar-refractivity contribution in [3.8, 4) is 0 Å². The van der Waals surface area contributed by atoms with Crippen LogP contribution in [0.2, 0.25) is 0 Å². The van der Waals surface area contributed by atoms with Crippen LogP contribution in [0.4, 0.5) is 0 Å². The molecule has 0 saturated heterocycles. The summed E-state index contributed by atoms with van der Waals surface area (Å²) >= 11 is 0. The summed E-state index contributed by atoms with van der Waals surface area (Å²) in [4.78, 5) is 0.311. The maximum Gasteiger partial charge on any atom is 0.240 e. The number of hydrogen-bond acceptors (Lipinski definition) is 3. The Morgan fingerprint density at radius 3 is 1.96 bits per heavy atom. The molecule has 0 heterocycles. The van der Waals surface area contributed by atoms with Gasteiger partial charge in [0, 0.05) is 31.6 Å². The molecule has 6 heteroatoms. The van der Waals surface area contributed by atoms with Gasteiger partial charge in [0.1, 0.15) is 0 Å². The third kappa shape index (κ3) is 7.40. The van der Waals surface area contributed by atoms with E-state index in [1.165, 1.54) is 16.7 Å². The SMILES string of the molecule is Cc1ccc(C)c(C)c1.Cc1ccc(S(=O)(=O)N[C@@H]2CCCC[C@H]2N)cc1.[Ru]. The monoisotopic (exact) mass is 490 g/mol. The van der Waals surface area contributed by atoms with Gasteiger partial charge in [-0.3, -0.25) is 0 Å². The van der Waals surface area contributed by atoms with Crippen molar-refractivity contribution in [1.29, 1.82) is 0 Å². The van der Waals surface area contributed by atoms with E-state index >= 15 is 0 Å². The molecule has 1 aliphatic rings. The number of nitrogens with two attached hydrogens (primary N) is 1. The maximum absolute atomic E-state index is 12.2. The Morgan fingerprint density at radius 2 is 1.43 bits per heavy atom. The Hall–Kier alpha value is -1.07. The number of aryl methyl sites for hydroxylation is 4.